The first-order valence-electron chi connectivity index (χ1n) is 13.7. The van der Waals surface area contributed by atoms with Crippen LogP contribution in [0.3, 0.4) is 0 Å². The van der Waals surface area contributed by atoms with Gasteiger partial charge < -0.3 is 15.0 Å². The molecule has 1 atom stereocenters. The highest BCUT2D eigenvalue weighted by molar-refractivity contribution is 7.92. The van der Waals surface area contributed by atoms with Crippen molar-refractivity contribution in [2.24, 2.45) is 0 Å². The van der Waals surface area contributed by atoms with E-state index in [9.17, 15) is 22.4 Å². The van der Waals surface area contributed by atoms with Crippen LogP contribution in [0.5, 0.6) is 5.75 Å². The van der Waals surface area contributed by atoms with Gasteiger partial charge in [0.25, 0.3) is 10.0 Å². The number of hydrogen-bond acceptors (Lipinski definition) is 5. The van der Waals surface area contributed by atoms with E-state index in [2.05, 4.69) is 5.32 Å². The van der Waals surface area contributed by atoms with Gasteiger partial charge in [0.1, 0.15) is 24.2 Å². The van der Waals surface area contributed by atoms with E-state index in [1.165, 1.54) is 48.4 Å². The number of amides is 2. The molecule has 3 aromatic rings. The molecule has 1 fully saturated rings. The van der Waals surface area contributed by atoms with Gasteiger partial charge >= 0.3 is 0 Å². The Hall–Kier alpha value is -3.92. The molecule has 0 bridgehead atoms. The minimum absolute atomic E-state index is 0.0624. The van der Waals surface area contributed by atoms with Crippen LogP contribution in [0.4, 0.5) is 10.1 Å². The van der Waals surface area contributed by atoms with Crippen LogP contribution in [0.25, 0.3) is 0 Å². The van der Waals surface area contributed by atoms with Crippen molar-refractivity contribution in [3.63, 3.8) is 0 Å². The number of aryl methyl sites for hydroxylation is 1. The molecule has 3 aromatic carbocycles. The van der Waals surface area contributed by atoms with Crippen molar-refractivity contribution in [2.75, 3.05) is 18.0 Å². The second-order valence-electron chi connectivity index (χ2n) is 10.3. The topological polar surface area (TPSA) is 96.0 Å². The van der Waals surface area contributed by atoms with Crippen molar-refractivity contribution < 1.29 is 27.1 Å². The van der Waals surface area contributed by atoms with Gasteiger partial charge in [-0.3, -0.25) is 13.9 Å². The number of carbonyl (C=O) groups is 2. The fraction of sp³-hybridized carbons (Fsp3) is 0.355. The van der Waals surface area contributed by atoms with E-state index in [1.807, 2.05) is 31.2 Å². The Labute approximate surface area is 241 Å². The summed E-state index contributed by atoms with van der Waals surface area (Å²) in [6.45, 7) is 3.12. The van der Waals surface area contributed by atoms with Crippen LogP contribution in [0, 0.1) is 12.7 Å². The second kappa shape index (κ2) is 13.2. The molecule has 0 spiro atoms. The van der Waals surface area contributed by atoms with Crippen LogP contribution in [0.2, 0.25) is 0 Å². The van der Waals surface area contributed by atoms with Gasteiger partial charge in [0.15, 0.2) is 0 Å². The molecule has 41 heavy (non-hydrogen) atoms. The molecule has 0 heterocycles. The van der Waals surface area contributed by atoms with Crippen molar-refractivity contribution >= 4 is 27.5 Å². The first kappa shape index (κ1) is 30.0. The van der Waals surface area contributed by atoms with Crippen LogP contribution in [0.15, 0.2) is 77.7 Å². The average molecular weight is 582 g/mol. The van der Waals surface area contributed by atoms with Crippen LogP contribution < -0.4 is 14.4 Å². The summed E-state index contributed by atoms with van der Waals surface area (Å²) in [5, 5.41) is 3.05. The number of hydrogen-bond donors (Lipinski definition) is 1. The van der Waals surface area contributed by atoms with Gasteiger partial charge in [-0.1, -0.05) is 42.7 Å². The molecule has 0 aromatic heterocycles. The number of ether oxygens (including phenoxy) is 1. The summed E-state index contributed by atoms with van der Waals surface area (Å²) in [6, 6.07) is 17.5. The third kappa shape index (κ3) is 7.43. The van der Waals surface area contributed by atoms with Crippen LogP contribution in [0.1, 0.15) is 43.7 Å². The maximum atomic E-state index is 14.0. The summed E-state index contributed by atoms with van der Waals surface area (Å²) in [6.07, 6.45) is 3.87. The predicted molar refractivity (Wildman–Crippen MR) is 156 cm³/mol. The van der Waals surface area contributed by atoms with E-state index >= 15 is 0 Å². The first-order chi connectivity index (χ1) is 19.6. The maximum absolute atomic E-state index is 14.0. The molecule has 4 rings (SSSR count). The molecule has 10 heteroatoms. The first-order valence-corrected chi connectivity index (χ1v) is 15.1. The number of anilines is 1. The smallest absolute Gasteiger partial charge is 0.264 e. The average Bonchev–Trinajstić information content (AvgIpc) is 3.48. The largest absolute Gasteiger partial charge is 0.497 e. The summed E-state index contributed by atoms with van der Waals surface area (Å²) >= 11 is 0. The SMILES string of the molecule is COc1ccc(S(=O)(=O)N(CC(=O)N(Cc2ccc(C)cc2)C(C)C(=O)NC2CCCC2)c2ccc(F)cc2)cc1. The standard InChI is InChI=1S/C31H36FN3O5S/c1-22-8-10-24(11-9-22)20-34(23(2)31(37)33-26-6-4-5-7-26)30(36)21-35(27-14-12-25(32)13-15-27)41(38,39)29-18-16-28(40-3)17-19-29/h8-19,23,26H,4-7,20-21H2,1-3H3,(H,33,37). The summed E-state index contributed by atoms with van der Waals surface area (Å²) in [5.41, 5.74) is 1.97. The highest BCUT2D eigenvalue weighted by Crippen LogP contribution is 2.26. The molecule has 1 unspecified atom stereocenters. The molecule has 1 aliphatic carbocycles. The Kier molecular flexibility index (Phi) is 9.65. The molecule has 0 radical (unpaired) electrons. The molecule has 0 aliphatic heterocycles. The molecule has 8 nitrogen and oxygen atoms in total. The minimum Gasteiger partial charge on any atom is -0.497 e. The fourth-order valence-corrected chi connectivity index (χ4v) is 6.29. The molecule has 1 aliphatic rings. The summed E-state index contributed by atoms with van der Waals surface area (Å²) in [4.78, 5) is 28.6. The van der Waals surface area contributed by atoms with E-state index in [1.54, 1.807) is 6.92 Å². The number of nitrogens with zero attached hydrogens (tertiary/aromatic N) is 2. The number of benzene rings is 3. The summed E-state index contributed by atoms with van der Waals surface area (Å²) < 4.78 is 47.6. The minimum atomic E-state index is -4.26. The van der Waals surface area contributed by atoms with Gasteiger partial charge in [0.05, 0.1) is 17.7 Å². The molecule has 1 saturated carbocycles. The monoisotopic (exact) mass is 581 g/mol. The Bertz CT molecular complexity index is 1440. The van der Waals surface area contributed by atoms with Gasteiger partial charge in [0, 0.05) is 12.6 Å². The molecular weight excluding hydrogens is 545 g/mol. The lowest BCUT2D eigenvalue weighted by Gasteiger charge is -2.32. The number of nitrogens with one attached hydrogen (secondary N) is 1. The molecule has 0 saturated heterocycles. The molecule has 2 amide bonds. The maximum Gasteiger partial charge on any atom is 0.264 e. The third-order valence-electron chi connectivity index (χ3n) is 7.38. The lowest BCUT2D eigenvalue weighted by molar-refractivity contribution is -0.139. The number of halogens is 1. The van der Waals surface area contributed by atoms with Crippen LogP contribution >= 0.6 is 0 Å². The molecule has 1 N–H and O–H groups in total. The molecule has 218 valence electrons. The number of carbonyl (C=O) groups excluding carboxylic acids is 2. The summed E-state index contributed by atoms with van der Waals surface area (Å²) in [5.74, 6) is -0.926. The molecular formula is C31H36FN3O5S. The zero-order valence-electron chi connectivity index (χ0n) is 23.5. The normalized spacial score (nSPS) is 14.3. The Balaban J connectivity index is 1.67. The van der Waals surface area contributed by atoms with Gasteiger partial charge in [0.2, 0.25) is 11.8 Å². The lowest BCUT2D eigenvalue weighted by Crippen LogP contribution is -2.52. The van der Waals surface area contributed by atoms with Crippen LogP contribution in [-0.4, -0.2) is 50.9 Å². The van der Waals surface area contributed by atoms with E-state index in [0.29, 0.717) is 5.75 Å². The second-order valence-corrected chi connectivity index (χ2v) is 12.2. The highest BCUT2D eigenvalue weighted by atomic mass is 32.2. The number of rotatable bonds is 11. The van der Waals surface area contributed by atoms with Crippen molar-refractivity contribution in [3.05, 3.63) is 89.7 Å². The third-order valence-corrected chi connectivity index (χ3v) is 9.17. The Morgan fingerprint density at radius 3 is 2.17 bits per heavy atom. The predicted octanol–water partition coefficient (Wildman–Crippen LogP) is 4.81. The van der Waals surface area contributed by atoms with Gasteiger partial charge in [-0.25, -0.2) is 12.8 Å². The Morgan fingerprint density at radius 1 is 0.976 bits per heavy atom. The zero-order valence-corrected chi connectivity index (χ0v) is 24.4. The zero-order chi connectivity index (χ0) is 29.6. The van der Waals surface area contributed by atoms with Crippen molar-refractivity contribution in [1.82, 2.24) is 10.2 Å². The van der Waals surface area contributed by atoms with Gasteiger partial charge in [-0.05, 0) is 80.8 Å². The van der Waals surface area contributed by atoms with E-state index < -0.39 is 34.3 Å². The lowest BCUT2D eigenvalue weighted by atomic mass is 10.1. The van der Waals surface area contributed by atoms with Crippen molar-refractivity contribution in [3.8, 4) is 5.75 Å². The highest BCUT2D eigenvalue weighted by Gasteiger charge is 2.33. The van der Waals surface area contributed by atoms with E-state index in [4.69, 9.17) is 4.74 Å². The van der Waals surface area contributed by atoms with Crippen molar-refractivity contribution in [2.45, 2.75) is 63.1 Å². The quantitative estimate of drug-likeness (QED) is 0.351. The van der Waals surface area contributed by atoms with E-state index in [0.717, 1.165) is 53.2 Å². The summed E-state index contributed by atoms with van der Waals surface area (Å²) in [7, 11) is -2.78. The van der Waals surface area contributed by atoms with E-state index in [-0.39, 0.29) is 29.1 Å². The van der Waals surface area contributed by atoms with Gasteiger partial charge in [-0.2, -0.15) is 0 Å². The van der Waals surface area contributed by atoms with Gasteiger partial charge in [-0.15, -0.1) is 0 Å². The Morgan fingerprint density at radius 2 is 1.59 bits per heavy atom. The fourth-order valence-electron chi connectivity index (χ4n) is 4.88. The number of sulfonamides is 1. The number of methoxy groups -OCH3 is 1. The van der Waals surface area contributed by atoms with Crippen LogP contribution in [-0.2, 0) is 26.2 Å². The van der Waals surface area contributed by atoms with Crippen molar-refractivity contribution in [1.29, 1.82) is 0 Å².